The zero-order chi connectivity index (χ0) is 14.0. The Labute approximate surface area is 114 Å². The van der Waals surface area contributed by atoms with E-state index in [1.54, 1.807) is 6.07 Å². The Morgan fingerprint density at radius 2 is 2.21 bits per heavy atom. The molecule has 2 rings (SSSR count). The summed E-state index contributed by atoms with van der Waals surface area (Å²) in [5.74, 6) is 0.685. The molecule has 6 nitrogen and oxygen atoms in total. The van der Waals surface area contributed by atoms with Gasteiger partial charge in [-0.25, -0.2) is 9.97 Å². The summed E-state index contributed by atoms with van der Waals surface area (Å²) in [6.45, 7) is 3.80. The van der Waals surface area contributed by atoms with Crippen LogP contribution in [0, 0.1) is 12.3 Å². The molecule has 0 spiro atoms. The average molecular weight is 262 g/mol. The van der Waals surface area contributed by atoms with E-state index in [0.29, 0.717) is 17.7 Å². The first-order valence-corrected chi connectivity index (χ1v) is 6.59. The molecule has 1 aliphatic heterocycles. The van der Waals surface area contributed by atoms with Gasteiger partial charge in [-0.3, -0.25) is 5.41 Å². The minimum absolute atomic E-state index is 0.00656. The van der Waals surface area contributed by atoms with Crippen molar-refractivity contribution in [2.75, 3.05) is 32.1 Å². The van der Waals surface area contributed by atoms with Gasteiger partial charge in [0.25, 0.3) is 0 Å². The molecule has 0 amide bonds. The molecule has 2 heterocycles. The van der Waals surface area contributed by atoms with Crippen LogP contribution in [0.1, 0.15) is 24.2 Å². The number of nitrogens with one attached hydrogen (secondary N) is 1. The molecule has 1 aromatic heterocycles. The smallest absolute Gasteiger partial charge is 0.226 e. The zero-order valence-electron chi connectivity index (χ0n) is 11.8. The fourth-order valence-corrected chi connectivity index (χ4v) is 2.39. The topological polar surface area (TPSA) is 82.1 Å². The Bertz CT molecular complexity index is 470. The minimum atomic E-state index is -0.00656. The summed E-state index contributed by atoms with van der Waals surface area (Å²) >= 11 is 0. The van der Waals surface area contributed by atoms with Gasteiger partial charge in [0.2, 0.25) is 5.95 Å². The summed E-state index contributed by atoms with van der Waals surface area (Å²) in [5, 5.41) is 7.51. The van der Waals surface area contributed by atoms with Crippen LogP contribution in [0.5, 0.6) is 0 Å². The number of likely N-dealkylation sites (N-methyl/N-ethyl adjacent to an activating group) is 1. The van der Waals surface area contributed by atoms with Crippen molar-refractivity contribution >= 4 is 11.8 Å². The molecule has 104 valence electrons. The Morgan fingerprint density at radius 1 is 1.47 bits per heavy atom. The first-order chi connectivity index (χ1) is 8.97. The Kier molecular flexibility index (Phi) is 3.99. The highest BCUT2D eigenvalue weighted by atomic mass is 15.3. The number of nitrogens with zero attached hydrogens (tertiary/aromatic N) is 4. The van der Waals surface area contributed by atoms with E-state index in [0.717, 1.165) is 25.2 Å². The van der Waals surface area contributed by atoms with Crippen molar-refractivity contribution in [1.29, 1.82) is 5.41 Å². The Hall–Kier alpha value is -1.69. The molecule has 0 aliphatic carbocycles. The SMILES string of the molecule is Cc1cc(C(=N)N)nc(N2CCCC(N(C)C)C2)n1. The van der Waals surface area contributed by atoms with Gasteiger partial charge < -0.3 is 15.5 Å². The van der Waals surface area contributed by atoms with Gasteiger partial charge in [0.15, 0.2) is 0 Å². The molecular weight excluding hydrogens is 240 g/mol. The maximum Gasteiger partial charge on any atom is 0.226 e. The number of amidine groups is 1. The van der Waals surface area contributed by atoms with Gasteiger partial charge in [0, 0.05) is 24.8 Å². The average Bonchev–Trinajstić information content (AvgIpc) is 2.38. The lowest BCUT2D eigenvalue weighted by Crippen LogP contribution is -2.46. The predicted molar refractivity (Wildman–Crippen MR) is 76.7 cm³/mol. The minimum Gasteiger partial charge on any atom is -0.382 e. The molecule has 19 heavy (non-hydrogen) atoms. The van der Waals surface area contributed by atoms with E-state index in [-0.39, 0.29) is 5.84 Å². The number of nitrogen functional groups attached to an aromatic ring is 1. The molecule has 1 unspecified atom stereocenters. The highest BCUT2D eigenvalue weighted by molar-refractivity contribution is 5.93. The summed E-state index contributed by atoms with van der Waals surface area (Å²) in [7, 11) is 4.21. The van der Waals surface area contributed by atoms with Crippen LogP contribution >= 0.6 is 0 Å². The maximum atomic E-state index is 7.51. The number of anilines is 1. The predicted octanol–water partition coefficient (Wildman–Crippen LogP) is 0.599. The molecule has 1 atom stereocenters. The highest BCUT2D eigenvalue weighted by Gasteiger charge is 2.23. The van der Waals surface area contributed by atoms with Crippen molar-refractivity contribution in [2.45, 2.75) is 25.8 Å². The third-order valence-corrected chi connectivity index (χ3v) is 3.53. The van der Waals surface area contributed by atoms with Gasteiger partial charge in [-0.2, -0.15) is 0 Å². The first kappa shape index (κ1) is 13.7. The maximum absolute atomic E-state index is 7.51. The van der Waals surface area contributed by atoms with Crippen LogP contribution in [0.3, 0.4) is 0 Å². The number of hydrogen-bond acceptors (Lipinski definition) is 5. The van der Waals surface area contributed by atoms with Crippen molar-refractivity contribution in [2.24, 2.45) is 5.73 Å². The van der Waals surface area contributed by atoms with Crippen LogP contribution in [-0.2, 0) is 0 Å². The molecule has 1 aromatic rings. The molecule has 6 heteroatoms. The Morgan fingerprint density at radius 3 is 2.84 bits per heavy atom. The van der Waals surface area contributed by atoms with Crippen LogP contribution < -0.4 is 10.6 Å². The number of hydrogen-bond donors (Lipinski definition) is 2. The molecule has 1 saturated heterocycles. The highest BCUT2D eigenvalue weighted by Crippen LogP contribution is 2.19. The molecule has 3 N–H and O–H groups in total. The van der Waals surface area contributed by atoms with E-state index in [9.17, 15) is 0 Å². The molecule has 0 bridgehead atoms. The van der Waals surface area contributed by atoms with Gasteiger partial charge in [0.1, 0.15) is 11.5 Å². The van der Waals surface area contributed by atoms with E-state index in [1.807, 2.05) is 6.92 Å². The van der Waals surface area contributed by atoms with Crippen molar-refractivity contribution in [1.82, 2.24) is 14.9 Å². The van der Waals surface area contributed by atoms with Gasteiger partial charge in [-0.15, -0.1) is 0 Å². The quantitative estimate of drug-likeness (QED) is 0.616. The zero-order valence-corrected chi connectivity index (χ0v) is 11.8. The molecule has 0 radical (unpaired) electrons. The summed E-state index contributed by atoms with van der Waals surface area (Å²) in [6, 6.07) is 2.28. The fraction of sp³-hybridized carbons (Fsp3) is 0.615. The van der Waals surface area contributed by atoms with Crippen LogP contribution in [0.2, 0.25) is 0 Å². The fourth-order valence-electron chi connectivity index (χ4n) is 2.39. The second-order valence-electron chi connectivity index (χ2n) is 5.31. The molecule has 0 saturated carbocycles. The van der Waals surface area contributed by atoms with E-state index in [2.05, 4.69) is 33.9 Å². The monoisotopic (exact) mass is 262 g/mol. The molecule has 1 fully saturated rings. The molecular formula is C13H22N6. The number of piperidine rings is 1. The van der Waals surface area contributed by atoms with E-state index in [1.165, 1.54) is 6.42 Å². The largest absolute Gasteiger partial charge is 0.382 e. The number of rotatable bonds is 3. The van der Waals surface area contributed by atoms with E-state index >= 15 is 0 Å². The summed E-state index contributed by atoms with van der Waals surface area (Å²) in [4.78, 5) is 13.3. The number of aryl methyl sites for hydroxylation is 1. The standard InChI is InChI=1S/C13H22N6/c1-9-7-11(12(14)15)17-13(16-9)19-6-4-5-10(8-19)18(2)3/h7,10H,4-6,8H2,1-3H3,(H3,14,15). The summed E-state index contributed by atoms with van der Waals surface area (Å²) in [5.41, 5.74) is 6.88. The second kappa shape index (κ2) is 5.52. The summed E-state index contributed by atoms with van der Waals surface area (Å²) in [6.07, 6.45) is 2.34. The van der Waals surface area contributed by atoms with E-state index in [4.69, 9.17) is 11.1 Å². The van der Waals surface area contributed by atoms with Gasteiger partial charge in [-0.05, 0) is 39.9 Å². The van der Waals surface area contributed by atoms with Gasteiger partial charge in [-0.1, -0.05) is 0 Å². The first-order valence-electron chi connectivity index (χ1n) is 6.59. The lowest BCUT2D eigenvalue weighted by atomic mass is 10.1. The lowest BCUT2D eigenvalue weighted by Gasteiger charge is -2.36. The third-order valence-electron chi connectivity index (χ3n) is 3.53. The summed E-state index contributed by atoms with van der Waals surface area (Å²) < 4.78 is 0. The van der Waals surface area contributed by atoms with Crippen LogP contribution in [0.4, 0.5) is 5.95 Å². The van der Waals surface area contributed by atoms with Gasteiger partial charge in [0.05, 0.1) is 0 Å². The lowest BCUT2D eigenvalue weighted by molar-refractivity contribution is 0.257. The van der Waals surface area contributed by atoms with Gasteiger partial charge >= 0.3 is 0 Å². The van der Waals surface area contributed by atoms with Crippen molar-refractivity contribution in [3.8, 4) is 0 Å². The third kappa shape index (κ3) is 3.20. The van der Waals surface area contributed by atoms with Crippen molar-refractivity contribution in [3.63, 3.8) is 0 Å². The van der Waals surface area contributed by atoms with Crippen LogP contribution in [0.25, 0.3) is 0 Å². The second-order valence-corrected chi connectivity index (χ2v) is 5.31. The normalized spacial score (nSPS) is 19.8. The van der Waals surface area contributed by atoms with Crippen molar-refractivity contribution < 1.29 is 0 Å². The molecule has 1 aliphatic rings. The van der Waals surface area contributed by atoms with Crippen LogP contribution in [-0.4, -0.2) is 53.9 Å². The Balaban J connectivity index is 2.23. The van der Waals surface area contributed by atoms with Crippen LogP contribution in [0.15, 0.2) is 6.07 Å². The molecule has 0 aromatic carbocycles. The van der Waals surface area contributed by atoms with Crippen molar-refractivity contribution in [3.05, 3.63) is 17.5 Å². The van der Waals surface area contributed by atoms with E-state index < -0.39 is 0 Å². The number of aromatic nitrogens is 2. The number of nitrogens with two attached hydrogens (primary N) is 1.